The number of anilines is 1. The highest BCUT2D eigenvalue weighted by molar-refractivity contribution is 7.13. The van der Waals surface area contributed by atoms with Crippen molar-refractivity contribution in [3.63, 3.8) is 0 Å². The predicted molar refractivity (Wildman–Crippen MR) is 107 cm³/mol. The van der Waals surface area contributed by atoms with Crippen LogP contribution in [0.3, 0.4) is 0 Å². The van der Waals surface area contributed by atoms with Crippen LogP contribution in [0.15, 0.2) is 35.8 Å². The highest BCUT2D eigenvalue weighted by Crippen LogP contribution is 2.20. The van der Waals surface area contributed by atoms with Gasteiger partial charge in [0.1, 0.15) is 0 Å². The van der Waals surface area contributed by atoms with Crippen LogP contribution in [0.2, 0.25) is 0 Å². The molecule has 2 heterocycles. The number of nitrogens with one attached hydrogen (secondary N) is 3. The first-order valence-electron chi connectivity index (χ1n) is 9.11. The molecule has 28 heavy (non-hydrogen) atoms. The van der Waals surface area contributed by atoms with Gasteiger partial charge in [0.25, 0.3) is 5.91 Å². The highest BCUT2D eigenvalue weighted by atomic mass is 32.1. The first kappa shape index (κ1) is 19.8. The highest BCUT2D eigenvalue weighted by Gasteiger charge is 2.28. The second-order valence-corrected chi connectivity index (χ2v) is 7.44. The molecule has 3 N–H and O–H groups in total. The summed E-state index contributed by atoms with van der Waals surface area (Å²) < 4.78 is 0. The van der Waals surface area contributed by atoms with Crippen molar-refractivity contribution in [2.24, 2.45) is 5.92 Å². The molecule has 3 rings (SSSR count). The van der Waals surface area contributed by atoms with E-state index >= 15 is 0 Å². The Kier molecular flexibility index (Phi) is 6.59. The minimum absolute atomic E-state index is 0.106. The van der Waals surface area contributed by atoms with Gasteiger partial charge in [0.05, 0.1) is 5.92 Å². The van der Waals surface area contributed by atoms with Crippen LogP contribution in [-0.4, -0.2) is 47.9 Å². The summed E-state index contributed by atoms with van der Waals surface area (Å²) >= 11 is 1.37. The summed E-state index contributed by atoms with van der Waals surface area (Å²) in [5.41, 5.74) is 1.38. The Balaban J connectivity index is 1.52. The number of thiazole rings is 1. The van der Waals surface area contributed by atoms with Gasteiger partial charge in [0.15, 0.2) is 5.13 Å². The van der Waals surface area contributed by atoms with Crippen molar-refractivity contribution in [1.82, 2.24) is 20.5 Å². The summed E-state index contributed by atoms with van der Waals surface area (Å²) in [5, 5.41) is 10.6. The molecule has 2 aromatic rings. The van der Waals surface area contributed by atoms with Crippen LogP contribution in [0.5, 0.6) is 0 Å². The van der Waals surface area contributed by atoms with Crippen LogP contribution < -0.4 is 16.0 Å². The molecule has 0 bridgehead atoms. The summed E-state index contributed by atoms with van der Waals surface area (Å²) in [6.07, 6.45) is 3.16. The third kappa shape index (κ3) is 5.07. The summed E-state index contributed by atoms with van der Waals surface area (Å²) in [7, 11) is 1.58. The van der Waals surface area contributed by atoms with Crippen LogP contribution >= 0.6 is 11.3 Å². The van der Waals surface area contributed by atoms with Crippen molar-refractivity contribution in [2.45, 2.75) is 19.4 Å². The average molecular weight is 401 g/mol. The lowest BCUT2D eigenvalue weighted by Gasteiger charge is -2.31. The third-order valence-electron chi connectivity index (χ3n) is 4.60. The molecule has 9 heteroatoms. The van der Waals surface area contributed by atoms with E-state index in [1.165, 1.54) is 11.3 Å². The fourth-order valence-electron chi connectivity index (χ4n) is 3.12. The molecule has 0 spiro atoms. The van der Waals surface area contributed by atoms with Crippen LogP contribution in [0.1, 0.15) is 28.8 Å². The van der Waals surface area contributed by atoms with Crippen molar-refractivity contribution < 1.29 is 14.4 Å². The maximum atomic E-state index is 12.5. The molecule has 0 radical (unpaired) electrons. The largest absolute Gasteiger partial charge is 0.355 e. The Morgan fingerprint density at radius 1 is 1.32 bits per heavy atom. The zero-order chi connectivity index (χ0) is 19.9. The van der Waals surface area contributed by atoms with E-state index in [-0.39, 0.29) is 23.8 Å². The Hall–Kier alpha value is -2.94. The Labute approximate surface area is 167 Å². The lowest BCUT2D eigenvalue weighted by Crippen LogP contribution is -2.47. The second-order valence-electron chi connectivity index (χ2n) is 6.55. The van der Waals surface area contributed by atoms with E-state index < -0.39 is 0 Å². The fourth-order valence-corrected chi connectivity index (χ4v) is 3.66. The van der Waals surface area contributed by atoms with Gasteiger partial charge in [-0.15, -0.1) is 11.3 Å². The van der Waals surface area contributed by atoms with E-state index in [0.29, 0.717) is 30.3 Å². The Morgan fingerprint density at radius 3 is 2.93 bits per heavy atom. The Bertz CT molecular complexity index is 840. The summed E-state index contributed by atoms with van der Waals surface area (Å²) in [5.74, 6) is -0.524. The van der Waals surface area contributed by atoms with Gasteiger partial charge in [0.2, 0.25) is 5.91 Å². The van der Waals surface area contributed by atoms with Gasteiger partial charge in [-0.1, -0.05) is 12.1 Å². The first-order chi connectivity index (χ1) is 13.6. The maximum absolute atomic E-state index is 12.5. The molecule has 0 aliphatic carbocycles. The van der Waals surface area contributed by atoms with Gasteiger partial charge in [-0.05, 0) is 30.5 Å². The Morgan fingerprint density at radius 2 is 2.18 bits per heavy atom. The number of likely N-dealkylation sites (tertiary alicyclic amines) is 1. The minimum atomic E-state index is -0.250. The number of benzene rings is 1. The number of urea groups is 1. The number of aromatic nitrogens is 1. The second kappa shape index (κ2) is 9.32. The molecule has 8 nitrogen and oxygen atoms in total. The molecule has 1 unspecified atom stereocenters. The zero-order valence-corrected chi connectivity index (χ0v) is 16.4. The van der Waals surface area contributed by atoms with Gasteiger partial charge in [-0.25, -0.2) is 9.78 Å². The van der Waals surface area contributed by atoms with Crippen molar-refractivity contribution in [1.29, 1.82) is 0 Å². The standard InChI is InChI=1S/C19H23N5O3S/c1-20-16(25)14-5-2-4-13(10-14)11-22-19(27)24-8-3-6-15(12-24)17(26)23-18-21-7-9-28-18/h2,4-5,7,9-10,15H,3,6,8,11-12H2,1H3,(H,20,25)(H,22,27)(H,21,23,26). The van der Waals surface area contributed by atoms with Gasteiger partial charge in [0, 0.05) is 43.8 Å². The lowest BCUT2D eigenvalue weighted by atomic mass is 9.97. The zero-order valence-electron chi connectivity index (χ0n) is 15.6. The summed E-state index contributed by atoms with van der Waals surface area (Å²) in [6.45, 7) is 1.31. The molecule has 1 fully saturated rings. The molecular weight excluding hydrogens is 378 g/mol. The number of amides is 4. The SMILES string of the molecule is CNC(=O)c1cccc(CNC(=O)N2CCCC(C(=O)Nc3nccs3)C2)c1. The van der Waals surface area contributed by atoms with Crippen LogP contribution in [0, 0.1) is 5.92 Å². The maximum Gasteiger partial charge on any atom is 0.317 e. The summed E-state index contributed by atoms with van der Waals surface area (Å²) in [6, 6.07) is 6.90. The lowest BCUT2D eigenvalue weighted by molar-refractivity contribution is -0.121. The molecule has 1 atom stereocenters. The van der Waals surface area contributed by atoms with E-state index in [4.69, 9.17) is 0 Å². The number of nitrogens with zero attached hydrogens (tertiary/aromatic N) is 2. The van der Waals surface area contributed by atoms with Crippen molar-refractivity contribution in [3.8, 4) is 0 Å². The minimum Gasteiger partial charge on any atom is -0.355 e. The topological polar surface area (TPSA) is 103 Å². The molecule has 1 aliphatic rings. The number of hydrogen-bond donors (Lipinski definition) is 3. The van der Waals surface area contributed by atoms with E-state index in [2.05, 4.69) is 20.9 Å². The van der Waals surface area contributed by atoms with Gasteiger partial charge in [-0.2, -0.15) is 0 Å². The van der Waals surface area contributed by atoms with E-state index in [0.717, 1.165) is 18.4 Å². The average Bonchev–Trinajstić information content (AvgIpc) is 3.24. The van der Waals surface area contributed by atoms with Gasteiger partial charge >= 0.3 is 6.03 Å². The molecule has 4 amide bonds. The molecule has 148 valence electrons. The van der Waals surface area contributed by atoms with Gasteiger partial charge in [-0.3, -0.25) is 9.59 Å². The normalized spacial score (nSPS) is 16.3. The first-order valence-corrected chi connectivity index (χ1v) is 9.99. The van der Waals surface area contributed by atoms with Crippen LogP contribution in [-0.2, 0) is 11.3 Å². The van der Waals surface area contributed by atoms with E-state index in [1.54, 1.807) is 41.7 Å². The van der Waals surface area contributed by atoms with Crippen LogP contribution in [0.25, 0.3) is 0 Å². The smallest absolute Gasteiger partial charge is 0.317 e. The van der Waals surface area contributed by atoms with Crippen molar-refractivity contribution >= 4 is 34.3 Å². The van der Waals surface area contributed by atoms with E-state index in [1.807, 2.05) is 6.07 Å². The molecule has 0 saturated carbocycles. The molecular formula is C19H23N5O3S. The number of piperidine rings is 1. The summed E-state index contributed by atoms with van der Waals surface area (Å²) in [4.78, 5) is 42.4. The molecule has 1 aliphatic heterocycles. The molecule has 1 aromatic heterocycles. The molecule has 1 saturated heterocycles. The number of carbonyl (C=O) groups excluding carboxylic acids is 3. The predicted octanol–water partition coefficient (Wildman–Crippen LogP) is 2.06. The third-order valence-corrected chi connectivity index (χ3v) is 5.29. The van der Waals surface area contributed by atoms with Crippen molar-refractivity contribution in [3.05, 3.63) is 47.0 Å². The number of carbonyl (C=O) groups is 3. The fraction of sp³-hybridized carbons (Fsp3) is 0.368. The monoisotopic (exact) mass is 401 g/mol. The van der Waals surface area contributed by atoms with Gasteiger partial charge < -0.3 is 20.9 Å². The molecule has 1 aromatic carbocycles. The van der Waals surface area contributed by atoms with Crippen molar-refractivity contribution in [2.75, 3.05) is 25.5 Å². The van der Waals surface area contributed by atoms with E-state index in [9.17, 15) is 14.4 Å². The van der Waals surface area contributed by atoms with Crippen LogP contribution in [0.4, 0.5) is 9.93 Å². The number of rotatable bonds is 5. The quantitative estimate of drug-likeness (QED) is 0.713. The number of hydrogen-bond acceptors (Lipinski definition) is 5.